The molecule has 24 heavy (non-hydrogen) atoms. The van der Waals surface area contributed by atoms with Crippen LogP contribution in [-0.4, -0.2) is 23.3 Å². The zero-order valence-corrected chi connectivity index (χ0v) is 14.3. The molecule has 0 unspecified atom stereocenters. The van der Waals surface area contributed by atoms with E-state index in [1.165, 1.54) is 42.6 Å². The maximum Gasteiger partial charge on any atom is 0.234 e. The van der Waals surface area contributed by atoms with Crippen LogP contribution in [0.25, 0.3) is 0 Å². The normalized spacial score (nSPS) is 50.6. The number of fused-ring (bicyclic) bond motifs is 5. The third-order valence-electron chi connectivity index (χ3n) is 8.17. The van der Waals surface area contributed by atoms with Crippen molar-refractivity contribution in [2.75, 3.05) is 6.54 Å². The molecule has 3 heteroatoms. The monoisotopic (exact) mass is 323 g/mol. The highest BCUT2D eigenvalue weighted by atomic mass is 16.2. The first-order valence-corrected chi connectivity index (χ1v) is 9.94. The molecule has 0 radical (unpaired) electrons. The minimum absolute atomic E-state index is 0.0767. The second-order valence-corrected chi connectivity index (χ2v) is 9.12. The average Bonchev–Trinajstić information content (AvgIpc) is 3.17. The lowest BCUT2D eigenvalue weighted by Crippen LogP contribution is -2.41. The van der Waals surface area contributed by atoms with Gasteiger partial charge in [0.05, 0.1) is 11.8 Å². The molecule has 2 amide bonds. The number of imide groups is 1. The third kappa shape index (κ3) is 1.46. The summed E-state index contributed by atoms with van der Waals surface area (Å²) in [7, 11) is 0. The highest BCUT2D eigenvalue weighted by Gasteiger charge is 2.62. The van der Waals surface area contributed by atoms with E-state index in [4.69, 9.17) is 0 Å². The molecule has 6 fully saturated rings. The van der Waals surface area contributed by atoms with Crippen LogP contribution in [0.1, 0.15) is 39.0 Å². The molecule has 0 N–H and O–H groups in total. The molecule has 1 heterocycles. The maximum atomic E-state index is 12.8. The number of likely N-dealkylation sites (tertiary alicyclic amines) is 1. The van der Waals surface area contributed by atoms with Gasteiger partial charge in [-0.2, -0.15) is 0 Å². The van der Waals surface area contributed by atoms with E-state index in [0.717, 1.165) is 23.7 Å². The fourth-order valence-corrected chi connectivity index (χ4v) is 7.68. The van der Waals surface area contributed by atoms with Crippen LogP contribution in [-0.2, 0) is 9.59 Å². The van der Waals surface area contributed by atoms with E-state index < -0.39 is 0 Å². The molecule has 4 atom stereocenters. The van der Waals surface area contributed by atoms with E-state index >= 15 is 0 Å². The molecule has 0 aromatic carbocycles. The molecule has 0 spiro atoms. The average molecular weight is 323 g/mol. The molecule has 1 aliphatic heterocycles. The predicted octanol–water partition coefficient (Wildman–Crippen LogP) is 3.18. The van der Waals surface area contributed by atoms with Gasteiger partial charge in [0.25, 0.3) is 0 Å². The lowest BCUT2D eigenvalue weighted by atomic mass is 9.53. The van der Waals surface area contributed by atoms with E-state index in [1.54, 1.807) is 5.57 Å². The Balaban J connectivity index is 1.45. The second kappa shape index (κ2) is 4.42. The van der Waals surface area contributed by atoms with Gasteiger partial charge in [0.1, 0.15) is 0 Å². The quantitative estimate of drug-likeness (QED) is 0.549. The highest BCUT2D eigenvalue weighted by molar-refractivity contribution is 6.07. The first kappa shape index (κ1) is 13.9. The lowest BCUT2D eigenvalue weighted by molar-refractivity contribution is -0.140. The summed E-state index contributed by atoms with van der Waals surface area (Å²) in [4.78, 5) is 27.1. The molecule has 5 saturated carbocycles. The smallest absolute Gasteiger partial charge is 0.234 e. The van der Waals surface area contributed by atoms with E-state index in [9.17, 15) is 9.59 Å². The van der Waals surface area contributed by atoms with Crippen LogP contribution in [0.15, 0.2) is 23.3 Å². The molecular weight excluding hydrogens is 298 g/mol. The van der Waals surface area contributed by atoms with E-state index in [1.807, 2.05) is 6.92 Å². The van der Waals surface area contributed by atoms with Gasteiger partial charge in [-0.05, 0) is 62.7 Å². The summed E-state index contributed by atoms with van der Waals surface area (Å²) in [6.45, 7) is 2.45. The van der Waals surface area contributed by atoms with Gasteiger partial charge >= 0.3 is 0 Å². The van der Waals surface area contributed by atoms with Crippen molar-refractivity contribution >= 4 is 11.8 Å². The Hall–Kier alpha value is -1.38. The van der Waals surface area contributed by atoms with Crippen LogP contribution in [0.2, 0.25) is 0 Å². The molecule has 0 aromatic heterocycles. The fraction of sp³-hybridized carbons (Fsp3) is 0.714. The molecule has 7 aliphatic rings. The standard InChI is InChI=1S/C21H25NO2/c1-2-22-20(23)18-14-3-4-15(19(18)21(22)24)17(14)16-12-6-10-5-11(8-12)9-13(16)7-10/h3-4,10-15,18-19H,2,5-9H2,1H3/t10?,11?,12?,13?,14-,15+,18-,19+. The third-order valence-corrected chi connectivity index (χ3v) is 8.17. The number of hydrogen-bond donors (Lipinski definition) is 0. The maximum absolute atomic E-state index is 12.8. The number of carbonyl (C=O) groups excluding carboxylic acids is 2. The summed E-state index contributed by atoms with van der Waals surface area (Å²) in [6, 6.07) is 0. The summed E-state index contributed by atoms with van der Waals surface area (Å²) in [5.74, 6) is 3.99. The van der Waals surface area contributed by atoms with Crippen molar-refractivity contribution in [3.05, 3.63) is 23.3 Å². The Morgan fingerprint density at radius 1 is 0.833 bits per heavy atom. The molecule has 7 rings (SSSR count). The van der Waals surface area contributed by atoms with Crippen LogP contribution >= 0.6 is 0 Å². The number of amides is 2. The van der Waals surface area contributed by atoms with Crippen molar-refractivity contribution in [2.45, 2.75) is 39.0 Å². The first-order chi connectivity index (χ1) is 11.7. The Bertz CT molecular complexity index is 653. The van der Waals surface area contributed by atoms with Crippen molar-refractivity contribution in [3.63, 3.8) is 0 Å². The van der Waals surface area contributed by atoms with Crippen molar-refractivity contribution in [3.8, 4) is 0 Å². The fourth-order valence-electron chi connectivity index (χ4n) is 7.68. The van der Waals surface area contributed by atoms with E-state index in [2.05, 4.69) is 12.2 Å². The number of carbonyl (C=O) groups is 2. The number of rotatable bonds is 1. The van der Waals surface area contributed by atoms with Gasteiger partial charge in [0, 0.05) is 18.4 Å². The van der Waals surface area contributed by atoms with Gasteiger partial charge in [-0.25, -0.2) is 0 Å². The zero-order valence-electron chi connectivity index (χ0n) is 14.3. The summed E-state index contributed by atoms with van der Waals surface area (Å²) in [5.41, 5.74) is 3.26. The topological polar surface area (TPSA) is 37.4 Å². The van der Waals surface area contributed by atoms with Gasteiger partial charge < -0.3 is 0 Å². The van der Waals surface area contributed by atoms with Gasteiger partial charge in [0.15, 0.2) is 0 Å². The SMILES string of the molecule is CCN1C(=O)[C@@H]2[C@H](C1=O)[C@@H]1C=C[C@H]2C1=C1C2CC3CC(C2)CC1C3. The van der Waals surface area contributed by atoms with E-state index in [-0.39, 0.29) is 35.5 Å². The minimum atomic E-state index is -0.0767. The zero-order chi connectivity index (χ0) is 16.2. The van der Waals surface area contributed by atoms with Crippen molar-refractivity contribution in [2.24, 2.45) is 47.3 Å². The largest absolute Gasteiger partial charge is 0.282 e. The molecule has 126 valence electrons. The van der Waals surface area contributed by atoms with Gasteiger partial charge in [0.2, 0.25) is 11.8 Å². The van der Waals surface area contributed by atoms with Gasteiger partial charge in [-0.1, -0.05) is 23.3 Å². The molecule has 6 bridgehead atoms. The molecule has 3 nitrogen and oxygen atoms in total. The van der Waals surface area contributed by atoms with E-state index in [0.29, 0.717) is 6.54 Å². The van der Waals surface area contributed by atoms with Crippen LogP contribution in [0.4, 0.5) is 0 Å². The molecular formula is C21H25NO2. The van der Waals surface area contributed by atoms with Crippen LogP contribution < -0.4 is 0 Å². The number of hydrogen-bond acceptors (Lipinski definition) is 2. The summed E-state index contributed by atoms with van der Waals surface area (Å²) < 4.78 is 0. The van der Waals surface area contributed by atoms with Gasteiger partial charge in [-0.3, -0.25) is 14.5 Å². The molecule has 6 aliphatic carbocycles. The number of allylic oxidation sites excluding steroid dienone is 4. The minimum Gasteiger partial charge on any atom is -0.282 e. The first-order valence-electron chi connectivity index (χ1n) is 9.94. The Morgan fingerprint density at radius 3 is 1.79 bits per heavy atom. The summed E-state index contributed by atoms with van der Waals surface area (Å²) in [6.07, 6.45) is 11.5. The lowest BCUT2D eigenvalue weighted by Gasteiger charge is -2.52. The Morgan fingerprint density at radius 2 is 1.33 bits per heavy atom. The van der Waals surface area contributed by atoms with Crippen LogP contribution in [0.3, 0.4) is 0 Å². The molecule has 0 aromatic rings. The van der Waals surface area contributed by atoms with Crippen molar-refractivity contribution in [1.29, 1.82) is 0 Å². The molecule has 1 saturated heterocycles. The van der Waals surface area contributed by atoms with Crippen molar-refractivity contribution in [1.82, 2.24) is 4.90 Å². The second-order valence-electron chi connectivity index (χ2n) is 9.12. The number of nitrogens with zero attached hydrogens (tertiary/aromatic N) is 1. The summed E-state index contributed by atoms with van der Waals surface area (Å²) in [5, 5.41) is 0. The highest BCUT2D eigenvalue weighted by Crippen LogP contribution is 2.63. The Labute approximate surface area is 143 Å². The Kier molecular flexibility index (Phi) is 2.55. The van der Waals surface area contributed by atoms with Crippen molar-refractivity contribution < 1.29 is 9.59 Å². The van der Waals surface area contributed by atoms with Gasteiger partial charge in [-0.15, -0.1) is 0 Å². The predicted molar refractivity (Wildman–Crippen MR) is 89.6 cm³/mol. The van der Waals surface area contributed by atoms with Crippen LogP contribution in [0.5, 0.6) is 0 Å². The summed E-state index contributed by atoms with van der Waals surface area (Å²) >= 11 is 0. The van der Waals surface area contributed by atoms with Crippen LogP contribution in [0, 0.1) is 47.3 Å².